The fourth-order valence-corrected chi connectivity index (χ4v) is 1.96. The second kappa shape index (κ2) is 8.55. The molecule has 1 N–H and O–H groups in total. The fraction of sp³-hybridized carbons (Fsp3) is 0.533. The molecule has 1 aromatic carbocycles. The molecule has 5 heteroatoms. The summed E-state index contributed by atoms with van der Waals surface area (Å²) >= 11 is 0. The fourth-order valence-electron chi connectivity index (χ4n) is 1.96. The van der Waals surface area contributed by atoms with Crippen LogP contribution < -0.4 is 4.74 Å². The summed E-state index contributed by atoms with van der Waals surface area (Å²) in [6, 6.07) is 4.93. The van der Waals surface area contributed by atoms with E-state index in [4.69, 9.17) is 14.6 Å². The Hall–Kier alpha value is -1.59. The number of hydrogen-bond donors (Lipinski definition) is 1. The second-order valence-electron chi connectivity index (χ2n) is 4.40. The highest BCUT2D eigenvalue weighted by Gasteiger charge is 2.12. The number of likely N-dealkylation sites (N-methyl/N-ethyl adjacent to an activating group) is 1. The van der Waals surface area contributed by atoms with Crippen LogP contribution in [0.15, 0.2) is 18.2 Å². The molecule has 20 heavy (non-hydrogen) atoms. The summed E-state index contributed by atoms with van der Waals surface area (Å²) in [5.74, 6) is -0.212. The topological polar surface area (TPSA) is 59.0 Å². The van der Waals surface area contributed by atoms with Gasteiger partial charge in [0.25, 0.3) is 0 Å². The van der Waals surface area contributed by atoms with E-state index in [0.717, 1.165) is 18.7 Å². The summed E-state index contributed by atoms with van der Waals surface area (Å²) < 4.78 is 10.7. The van der Waals surface area contributed by atoms with Gasteiger partial charge in [-0.05, 0) is 31.7 Å². The maximum Gasteiger partial charge on any atom is 0.335 e. The summed E-state index contributed by atoms with van der Waals surface area (Å²) in [4.78, 5) is 13.2. The monoisotopic (exact) mass is 281 g/mol. The lowest BCUT2D eigenvalue weighted by Gasteiger charge is -2.21. The minimum Gasteiger partial charge on any atom is -0.496 e. The molecule has 1 aromatic rings. The van der Waals surface area contributed by atoms with Gasteiger partial charge in [-0.1, -0.05) is 6.92 Å². The molecule has 112 valence electrons. The molecule has 0 aliphatic heterocycles. The molecular weight excluding hydrogens is 258 g/mol. The second-order valence-corrected chi connectivity index (χ2v) is 4.40. The first-order chi connectivity index (χ1) is 9.62. The van der Waals surface area contributed by atoms with Crippen molar-refractivity contribution in [1.29, 1.82) is 0 Å². The molecule has 5 nitrogen and oxygen atoms in total. The Kier molecular flexibility index (Phi) is 7.04. The number of nitrogens with zero attached hydrogens (tertiary/aromatic N) is 1. The third-order valence-corrected chi connectivity index (χ3v) is 3.12. The Morgan fingerprint density at radius 3 is 2.65 bits per heavy atom. The number of aromatic carboxylic acids is 1. The number of carboxylic acids is 1. The van der Waals surface area contributed by atoms with Gasteiger partial charge in [-0.2, -0.15) is 0 Å². The minimum atomic E-state index is -0.925. The van der Waals surface area contributed by atoms with Gasteiger partial charge in [0.1, 0.15) is 5.75 Å². The molecular formula is C15H23NO4. The third-order valence-electron chi connectivity index (χ3n) is 3.12. The van der Waals surface area contributed by atoms with E-state index in [1.54, 1.807) is 25.3 Å². The maximum absolute atomic E-state index is 11.0. The van der Waals surface area contributed by atoms with Gasteiger partial charge in [0.2, 0.25) is 0 Å². The van der Waals surface area contributed by atoms with Gasteiger partial charge in [-0.15, -0.1) is 0 Å². The SMILES string of the molecule is CCOCCN(CC)Cc1cc(C(=O)O)ccc1OC. The molecule has 0 radical (unpaired) electrons. The first-order valence-corrected chi connectivity index (χ1v) is 6.82. The van der Waals surface area contributed by atoms with Crippen LogP contribution >= 0.6 is 0 Å². The van der Waals surface area contributed by atoms with Crippen LogP contribution in [0.2, 0.25) is 0 Å². The molecule has 0 aromatic heterocycles. The quantitative estimate of drug-likeness (QED) is 0.704. The van der Waals surface area contributed by atoms with E-state index in [2.05, 4.69) is 11.8 Å². The average Bonchev–Trinajstić information content (AvgIpc) is 2.46. The summed E-state index contributed by atoms with van der Waals surface area (Å²) in [6.07, 6.45) is 0. The van der Waals surface area contributed by atoms with Crippen LogP contribution in [0.3, 0.4) is 0 Å². The molecule has 0 heterocycles. The lowest BCUT2D eigenvalue weighted by atomic mass is 10.1. The molecule has 0 saturated heterocycles. The standard InChI is InChI=1S/C15H23NO4/c1-4-16(8-9-20-5-2)11-13-10-12(15(17)18)6-7-14(13)19-3/h6-7,10H,4-5,8-9,11H2,1-3H3,(H,17,18). The van der Waals surface area contributed by atoms with Gasteiger partial charge in [-0.25, -0.2) is 4.79 Å². The first kappa shape index (κ1) is 16.5. The number of carboxylic acid groups (broad SMARTS) is 1. The summed E-state index contributed by atoms with van der Waals surface area (Å²) in [5, 5.41) is 9.06. The van der Waals surface area contributed by atoms with Crippen molar-refractivity contribution in [3.05, 3.63) is 29.3 Å². The van der Waals surface area contributed by atoms with Crippen molar-refractivity contribution in [3.63, 3.8) is 0 Å². The van der Waals surface area contributed by atoms with Gasteiger partial charge in [0.05, 0.1) is 19.3 Å². The van der Waals surface area contributed by atoms with E-state index in [1.165, 1.54) is 0 Å². The number of benzene rings is 1. The molecule has 0 amide bonds. The van der Waals surface area contributed by atoms with E-state index in [9.17, 15) is 4.79 Å². The van der Waals surface area contributed by atoms with Crippen LogP contribution in [-0.2, 0) is 11.3 Å². The molecule has 0 aliphatic rings. The van der Waals surface area contributed by atoms with Crippen molar-refractivity contribution in [3.8, 4) is 5.75 Å². The van der Waals surface area contributed by atoms with Crippen molar-refractivity contribution in [2.45, 2.75) is 20.4 Å². The maximum atomic E-state index is 11.0. The van der Waals surface area contributed by atoms with Crippen molar-refractivity contribution in [2.75, 3.05) is 33.4 Å². The predicted molar refractivity (Wildman–Crippen MR) is 77.4 cm³/mol. The molecule has 0 aliphatic carbocycles. The third kappa shape index (κ3) is 4.83. The number of ether oxygens (including phenoxy) is 2. The molecule has 0 bridgehead atoms. The highest BCUT2D eigenvalue weighted by atomic mass is 16.5. The molecule has 1 rings (SSSR count). The highest BCUT2D eigenvalue weighted by Crippen LogP contribution is 2.21. The van der Waals surface area contributed by atoms with Gasteiger partial charge >= 0.3 is 5.97 Å². The van der Waals surface area contributed by atoms with Gasteiger partial charge in [0.15, 0.2) is 0 Å². The van der Waals surface area contributed by atoms with E-state index < -0.39 is 5.97 Å². The summed E-state index contributed by atoms with van der Waals surface area (Å²) in [6.45, 7) is 7.74. The Morgan fingerprint density at radius 2 is 2.10 bits per heavy atom. The van der Waals surface area contributed by atoms with Crippen LogP contribution in [0.1, 0.15) is 29.8 Å². The first-order valence-electron chi connectivity index (χ1n) is 6.82. The smallest absolute Gasteiger partial charge is 0.335 e. The Labute approximate surface area is 120 Å². The van der Waals surface area contributed by atoms with Crippen LogP contribution in [-0.4, -0.2) is 49.4 Å². The summed E-state index contributed by atoms with van der Waals surface area (Å²) in [5.41, 5.74) is 1.16. The number of carbonyl (C=O) groups is 1. The number of hydrogen-bond acceptors (Lipinski definition) is 4. The van der Waals surface area contributed by atoms with E-state index in [1.807, 2.05) is 6.92 Å². The molecule has 0 atom stereocenters. The summed E-state index contributed by atoms with van der Waals surface area (Å²) in [7, 11) is 1.59. The zero-order valence-electron chi connectivity index (χ0n) is 12.4. The van der Waals surface area contributed by atoms with Crippen LogP contribution in [0.4, 0.5) is 0 Å². The largest absolute Gasteiger partial charge is 0.496 e. The molecule has 0 spiro atoms. The van der Waals surface area contributed by atoms with Gasteiger partial charge in [0, 0.05) is 25.3 Å². The van der Waals surface area contributed by atoms with Crippen molar-refractivity contribution >= 4 is 5.97 Å². The minimum absolute atomic E-state index is 0.279. The average molecular weight is 281 g/mol. The van der Waals surface area contributed by atoms with Crippen LogP contribution in [0.25, 0.3) is 0 Å². The molecule has 0 saturated carbocycles. The number of methoxy groups -OCH3 is 1. The lowest BCUT2D eigenvalue weighted by Crippen LogP contribution is -2.27. The highest BCUT2D eigenvalue weighted by molar-refractivity contribution is 5.88. The zero-order valence-corrected chi connectivity index (χ0v) is 12.4. The van der Waals surface area contributed by atoms with E-state index in [-0.39, 0.29) is 5.56 Å². The van der Waals surface area contributed by atoms with E-state index >= 15 is 0 Å². The predicted octanol–water partition coefficient (Wildman–Crippen LogP) is 2.25. The molecule has 0 unspecified atom stereocenters. The van der Waals surface area contributed by atoms with Crippen molar-refractivity contribution < 1.29 is 19.4 Å². The Morgan fingerprint density at radius 1 is 1.35 bits per heavy atom. The van der Waals surface area contributed by atoms with E-state index in [0.29, 0.717) is 25.5 Å². The molecule has 0 fully saturated rings. The van der Waals surface area contributed by atoms with Gasteiger partial charge in [-0.3, -0.25) is 4.90 Å². The Bertz CT molecular complexity index is 434. The lowest BCUT2D eigenvalue weighted by molar-refractivity contribution is 0.0696. The van der Waals surface area contributed by atoms with Crippen LogP contribution in [0.5, 0.6) is 5.75 Å². The normalized spacial score (nSPS) is 10.8. The van der Waals surface area contributed by atoms with Crippen molar-refractivity contribution in [2.24, 2.45) is 0 Å². The zero-order chi connectivity index (χ0) is 15.0. The van der Waals surface area contributed by atoms with Crippen molar-refractivity contribution in [1.82, 2.24) is 4.90 Å². The Balaban J connectivity index is 2.81. The van der Waals surface area contributed by atoms with Gasteiger partial charge < -0.3 is 14.6 Å². The van der Waals surface area contributed by atoms with Crippen LogP contribution in [0, 0.1) is 0 Å². The number of rotatable bonds is 9.